The van der Waals surface area contributed by atoms with Gasteiger partial charge in [0.2, 0.25) is 0 Å². The number of ether oxygens (including phenoxy) is 1. The van der Waals surface area contributed by atoms with Crippen LogP contribution in [0.25, 0.3) is 11.4 Å². The van der Waals surface area contributed by atoms with Gasteiger partial charge in [-0.1, -0.05) is 78.1 Å². The van der Waals surface area contributed by atoms with Gasteiger partial charge in [-0.05, 0) is 62.1 Å². The lowest BCUT2D eigenvalue weighted by Crippen LogP contribution is -2.33. The Hall–Kier alpha value is -2.02. The van der Waals surface area contributed by atoms with Crippen molar-refractivity contribution in [3.8, 4) is 11.4 Å². The van der Waals surface area contributed by atoms with E-state index in [1.165, 1.54) is 38.2 Å². The summed E-state index contributed by atoms with van der Waals surface area (Å²) in [6.45, 7) is 5.92. The second-order valence-corrected chi connectivity index (χ2v) is 11.4. The number of aromatic nitrogens is 2. The number of rotatable bonds is 19. The number of alkyl halides is 2. The molecule has 0 amide bonds. The van der Waals surface area contributed by atoms with Crippen LogP contribution in [0.3, 0.4) is 0 Å². The average Bonchev–Trinajstić information content (AvgIpc) is 2.94. The molecule has 1 aliphatic carbocycles. The summed E-state index contributed by atoms with van der Waals surface area (Å²) in [6.07, 6.45) is 18.7. The lowest BCUT2D eigenvalue weighted by molar-refractivity contribution is -0.0823. The zero-order valence-corrected chi connectivity index (χ0v) is 24.6. The molecule has 1 aromatic carbocycles. The molecule has 0 N–H and O–H groups in total. The molecule has 40 heavy (non-hydrogen) atoms. The van der Waals surface area contributed by atoms with Crippen molar-refractivity contribution in [3.63, 3.8) is 0 Å². The van der Waals surface area contributed by atoms with Gasteiger partial charge in [0.05, 0.1) is 11.1 Å². The van der Waals surface area contributed by atoms with Crippen LogP contribution in [0.2, 0.25) is 0 Å². The molecule has 0 radical (unpaired) electrons. The molecule has 0 aliphatic heterocycles. The molecular weight excluding hydrogens is 516 g/mol. The van der Waals surface area contributed by atoms with Gasteiger partial charge in [0, 0.05) is 31.5 Å². The van der Waals surface area contributed by atoms with Crippen LogP contribution in [-0.2, 0) is 23.5 Å². The Labute approximate surface area is 238 Å². The fourth-order valence-electron chi connectivity index (χ4n) is 5.68. The van der Waals surface area contributed by atoms with Crippen LogP contribution < -0.4 is 0 Å². The summed E-state index contributed by atoms with van der Waals surface area (Å²) >= 11 is 0. The summed E-state index contributed by atoms with van der Waals surface area (Å²) in [4.78, 5) is 8.51. The third kappa shape index (κ3) is 9.25. The van der Waals surface area contributed by atoms with Crippen LogP contribution in [0.1, 0.15) is 127 Å². The van der Waals surface area contributed by atoms with E-state index in [0.29, 0.717) is 19.3 Å². The molecule has 0 saturated carbocycles. The van der Waals surface area contributed by atoms with E-state index < -0.39 is 29.0 Å². The first-order valence-electron chi connectivity index (χ1n) is 15.7. The lowest BCUT2D eigenvalue weighted by Gasteiger charge is -2.34. The van der Waals surface area contributed by atoms with Crippen molar-refractivity contribution < 1.29 is 22.3 Å². The monoisotopic (exact) mass is 564 g/mol. The Balaban J connectivity index is 1.54. The van der Waals surface area contributed by atoms with Crippen molar-refractivity contribution in [1.29, 1.82) is 0 Å². The highest BCUT2D eigenvalue weighted by Crippen LogP contribution is 2.49. The molecule has 0 spiro atoms. The molecule has 1 aliphatic rings. The van der Waals surface area contributed by atoms with Gasteiger partial charge < -0.3 is 4.74 Å². The first-order chi connectivity index (χ1) is 19.4. The van der Waals surface area contributed by atoms with E-state index in [1.807, 2.05) is 0 Å². The number of aryl methyl sites for hydroxylation is 2. The van der Waals surface area contributed by atoms with Crippen LogP contribution in [0.5, 0.6) is 0 Å². The first kappa shape index (κ1) is 32.5. The van der Waals surface area contributed by atoms with Gasteiger partial charge in [-0.25, -0.2) is 27.5 Å². The number of unbranched alkanes of at least 4 members (excludes halogenated alkanes) is 10. The maximum atomic E-state index is 15.4. The number of hydrogen-bond acceptors (Lipinski definition) is 3. The standard InChI is InChI=1S/C33H48F4N2O/c1-3-5-7-8-9-10-13-17-27-19-18-26-22-28(30(34)31(35)29(26)33(27,36)37)32-38-23-25(24-39-32)16-12-11-15-21-40-20-14-6-4-2/h22-24,27H,3-21H2,1-2H3. The summed E-state index contributed by atoms with van der Waals surface area (Å²) in [5.41, 5.74) is 0.161. The predicted octanol–water partition coefficient (Wildman–Crippen LogP) is 10.1. The Morgan fingerprint density at radius 2 is 1.40 bits per heavy atom. The number of benzene rings is 1. The van der Waals surface area contributed by atoms with E-state index >= 15 is 17.6 Å². The molecular formula is C33H48F4N2O. The Kier molecular flexibility index (Phi) is 13.9. The van der Waals surface area contributed by atoms with Gasteiger partial charge in [0.15, 0.2) is 17.5 Å². The van der Waals surface area contributed by atoms with E-state index in [0.717, 1.165) is 70.1 Å². The van der Waals surface area contributed by atoms with Crippen LogP contribution in [-0.4, -0.2) is 23.2 Å². The van der Waals surface area contributed by atoms with E-state index in [2.05, 4.69) is 23.8 Å². The highest BCUT2D eigenvalue weighted by atomic mass is 19.3. The van der Waals surface area contributed by atoms with Crippen LogP contribution in [0.4, 0.5) is 17.6 Å². The lowest BCUT2D eigenvalue weighted by atomic mass is 9.77. The van der Waals surface area contributed by atoms with Crippen molar-refractivity contribution >= 4 is 0 Å². The van der Waals surface area contributed by atoms with Crippen LogP contribution in [0, 0.1) is 17.6 Å². The Morgan fingerprint density at radius 1 is 0.800 bits per heavy atom. The summed E-state index contributed by atoms with van der Waals surface area (Å²) < 4.78 is 66.7. The quantitative estimate of drug-likeness (QED) is 0.126. The van der Waals surface area contributed by atoms with E-state index in [4.69, 9.17) is 4.74 Å². The third-order valence-electron chi connectivity index (χ3n) is 8.15. The second-order valence-electron chi connectivity index (χ2n) is 11.4. The maximum absolute atomic E-state index is 15.4. The fraction of sp³-hybridized carbons (Fsp3) is 0.697. The van der Waals surface area contributed by atoms with Gasteiger partial charge in [-0.3, -0.25) is 0 Å². The summed E-state index contributed by atoms with van der Waals surface area (Å²) in [6, 6.07) is 1.33. The van der Waals surface area contributed by atoms with Crippen LogP contribution in [0.15, 0.2) is 18.5 Å². The van der Waals surface area contributed by atoms with Gasteiger partial charge in [0.25, 0.3) is 5.92 Å². The van der Waals surface area contributed by atoms with Crippen molar-refractivity contribution in [1.82, 2.24) is 9.97 Å². The van der Waals surface area contributed by atoms with E-state index in [1.54, 1.807) is 12.4 Å². The summed E-state index contributed by atoms with van der Waals surface area (Å²) in [5, 5.41) is 0. The number of halogens is 4. The summed E-state index contributed by atoms with van der Waals surface area (Å²) in [5.74, 6) is -7.06. The summed E-state index contributed by atoms with van der Waals surface area (Å²) in [7, 11) is 0. The minimum Gasteiger partial charge on any atom is -0.381 e. The molecule has 0 bridgehead atoms. The predicted molar refractivity (Wildman–Crippen MR) is 154 cm³/mol. The van der Waals surface area contributed by atoms with Crippen molar-refractivity contribution in [2.45, 2.75) is 129 Å². The van der Waals surface area contributed by atoms with Crippen LogP contribution >= 0.6 is 0 Å². The highest BCUT2D eigenvalue weighted by Gasteiger charge is 2.48. The van der Waals surface area contributed by atoms with Crippen molar-refractivity contribution in [2.75, 3.05) is 13.2 Å². The average molecular weight is 565 g/mol. The number of fused-ring (bicyclic) bond motifs is 1. The molecule has 1 unspecified atom stereocenters. The molecule has 7 heteroatoms. The molecule has 1 aromatic heterocycles. The first-order valence-corrected chi connectivity index (χ1v) is 15.7. The topological polar surface area (TPSA) is 35.0 Å². The molecule has 3 nitrogen and oxygen atoms in total. The highest BCUT2D eigenvalue weighted by molar-refractivity contribution is 5.60. The normalized spacial score (nSPS) is 16.3. The molecule has 0 saturated heterocycles. The minimum absolute atomic E-state index is 0.0249. The minimum atomic E-state index is -3.38. The smallest absolute Gasteiger partial charge is 0.279 e. The van der Waals surface area contributed by atoms with Gasteiger partial charge in [0.1, 0.15) is 0 Å². The van der Waals surface area contributed by atoms with Gasteiger partial charge in [-0.15, -0.1) is 0 Å². The molecule has 224 valence electrons. The van der Waals surface area contributed by atoms with E-state index in [9.17, 15) is 0 Å². The van der Waals surface area contributed by atoms with Crippen molar-refractivity contribution in [3.05, 3.63) is 46.8 Å². The van der Waals surface area contributed by atoms with E-state index in [-0.39, 0.29) is 23.4 Å². The molecule has 1 heterocycles. The number of hydrogen-bond donors (Lipinski definition) is 0. The number of nitrogens with zero attached hydrogens (tertiary/aromatic N) is 2. The fourth-order valence-corrected chi connectivity index (χ4v) is 5.68. The second kappa shape index (κ2) is 17.1. The van der Waals surface area contributed by atoms with Gasteiger partial charge in [-0.2, -0.15) is 0 Å². The molecule has 3 rings (SSSR count). The zero-order valence-electron chi connectivity index (χ0n) is 24.6. The maximum Gasteiger partial charge on any atom is 0.279 e. The Bertz CT molecular complexity index is 1010. The zero-order chi connectivity index (χ0) is 28.8. The SMILES string of the molecule is CCCCCCCCCC1CCc2cc(-c3ncc(CCCCCOCCCCC)cn3)c(F)c(F)c2C1(F)F. The third-order valence-corrected chi connectivity index (χ3v) is 8.15. The molecule has 1 atom stereocenters. The van der Waals surface area contributed by atoms with Crippen molar-refractivity contribution in [2.24, 2.45) is 5.92 Å². The largest absolute Gasteiger partial charge is 0.381 e. The Morgan fingerprint density at radius 3 is 2.10 bits per heavy atom. The molecule has 2 aromatic rings. The van der Waals surface area contributed by atoms with Gasteiger partial charge >= 0.3 is 0 Å². The molecule has 0 fully saturated rings.